The molecule has 0 aliphatic heterocycles. The highest BCUT2D eigenvalue weighted by atomic mass is 16.5. The van der Waals surface area contributed by atoms with Crippen LogP contribution in [-0.2, 0) is 11.2 Å². The van der Waals surface area contributed by atoms with Gasteiger partial charge in [0.1, 0.15) is 6.29 Å². The van der Waals surface area contributed by atoms with E-state index in [1.54, 1.807) is 26.4 Å². The van der Waals surface area contributed by atoms with Crippen LogP contribution in [0.5, 0.6) is 11.5 Å². The van der Waals surface area contributed by atoms with Gasteiger partial charge in [0.05, 0.1) is 14.2 Å². The highest BCUT2D eigenvalue weighted by molar-refractivity contribution is 6.03. The number of hydrogen-bond donors (Lipinski definition) is 0. The molecule has 2 rings (SSSR count). The van der Waals surface area contributed by atoms with Crippen LogP contribution in [0.4, 0.5) is 0 Å². The Morgan fingerprint density at radius 3 is 2.58 bits per heavy atom. The maximum absolute atomic E-state index is 12.2. The third-order valence-corrected chi connectivity index (χ3v) is 3.35. The standard InChI is InChI=1S/C15H16O4/c1-18-13-8-11-7-10(5-3-4-6-16)15(17)12(11)9-14(13)19-2/h3-4,6,8-10H,5,7H2,1-2H3/b4-3+. The molecule has 0 fully saturated rings. The normalized spacial score (nSPS) is 17.6. The monoisotopic (exact) mass is 260 g/mol. The van der Waals surface area contributed by atoms with E-state index in [9.17, 15) is 9.59 Å². The number of benzene rings is 1. The minimum atomic E-state index is -0.0944. The van der Waals surface area contributed by atoms with E-state index in [2.05, 4.69) is 0 Å². The molecule has 4 nitrogen and oxygen atoms in total. The van der Waals surface area contributed by atoms with Crippen LogP contribution < -0.4 is 9.47 Å². The van der Waals surface area contributed by atoms with Crippen LogP contribution in [0, 0.1) is 5.92 Å². The number of fused-ring (bicyclic) bond motifs is 1. The zero-order valence-corrected chi connectivity index (χ0v) is 11.0. The minimum absolute atomic E-state index is 0.0944. The molecule has 0 saturated heterocycles. The van der Waals surface area contributed by atoms with Crippen molar-refractivity contribution in [1.29, 1.82) is 0 Å². The van der Waals surface area contributed by atoms with Gasteiger partial charge in [-0.15, -0.1) is 0 Å². The average Bonchev–Trinajstić information content (AvgIpc) is 2.74. The number of carbonyl (C=O) groups is 2. The number of Topliss-reactive ketones (excluding diaryl/α,β-unsaturated/α-hetero) is 1. The van der Waals surface area contributed by atoms with Crippen LogP contribution in [0.2, 0.25) is 0 Å². The number of rotatable bonds is 5. The maximum atomic E-state index is 12.2. The van der Waals surface area contributed by atoms with Crippen molar-refractivity contribution in [3.63, 3.8) is 0 Å². The van der Waals surface area contributed by atoms with Gasteiger partial charge in [-0.1, -0.05) is 6.08 Å². The highest BCUT2D eigenvalue weighted by Gasteiger charge is 2.31. The summed E-state index contributed by atoms with van der Waals surface area (Å²) in [6.45, 7) is 0. The smallest absolute Gasteiger partial charge is 0.167 e. The SMILES string of the molecule is COc1cc2c(cc1OC)C(=O)C(C/C=C/C=O)C2. The molecule has 0 heterocycles. The lowest BCUT2D eigenvalue weighted by Gasteiger charge is -2.09. The Morgan fingerprint density at radius 2 is 1.95 bits per heavy atom. The zero-order valence-electron chi connectivity index (χ0n) is 11.0. The van der Waals surface area contributed by atoms with Crippen LogP contribution in [0.3, 0.4) is 0 Å². The fraction of sp³-hybridized carbons (Fsp3) is 0.333. The Bertz CT molecular complexity index is 531. The second kappa shape index (κ2) is 5.69. The van der Waals surface area contributed by atoms with Gasteiger partial charge in [0, 0.05) is 11.5 Å². The van der Waals surface area contributed by atoms with Crippen molar-refractivity contribution in [2.45, 2.75) is 12.8 Å². The topological polar surface area (TPSA) is 52.6 Å². The van der Waals surface area contributed by atoms with Crippen LogP contribution in [0.15, 0.2) is 24.3 Å². The fourth-order valence-electron chi connectivity index (χ4n) is 2.39. The molecule has 1 aliphatic rings. The summed E-state index contributed by atoms with van der Waals surface area (Å²) in [5, 5.41) is 0. The van der Waals surface area contributed by atoms with Crippen molar-refractivity contribution < 1.29 is 19.1 Å². The van der Waals surface area contributed by atoms with Crippen molar-refractivity contribution in [3.8, 4) is 11.5 Å². The lowest BCUT2D eigenvalue weighted by Crippen LogP contribution is -2.07. The number of ketones is 1. The van der Waals surface area contributed by atoms with Gasteiger partial charge in [-0.05, 0) is 36.6 Å². The van der Waals surface area contributed by atoms with E-state index < -0.39 is 0 Å². The summed E-state index contributed by atoms with van der Waals surface area (Å²) in [5.74, 6) is 1.21. The van der Waals surface area contributed by atoms with Gasteiger partial charge in [0.15, 0.2) is 17.3 Å². The molecule has 0 bridgehead atoms. The molecule has 1 atom stereocenters. The van der Waals surface area contributed by atoms with Gasteiger partial charge in [0.25, 0.3) is 0 Å². The van der Waals surface area contributed by atoms with Gasteiger partial charge in [0.2, 0.25) is 0 Å². The first-order valence-electron chi connectivity index (χ1n) is 6.10. The maximum Gasteiger partial charge on any atom is 0.167 e. The fourth-order valence-corrected chi connectivity index (χ4v) is 2.39. The molecule has 4 heteroatoms. The van der Waals surface area contributed by atoms with Gasteiger partial charge >= 0.3 is 0 Å². The average molecular weight is 260 g/mol. The van der Waals surface area contributed by atoms with E-state index in [4.69, 9.17) is 9.47 Å². The number of methoxy groups -OCH3 is 2. The van der Waals surface area contributed by atoms with E-state index in [0.717, 1.165) is 11.8 Å². The van der Waals surface area contributed by atoms with Crippen molar-refractivity contribution in [2.24, 2.45) is 5.92 Å². The summed E-state index contributed by atoms with van der Waals surface area (Å²) in [6.07, 6.45) is 5.14. The largest absolute Gasteiger partial charge is 0.493 e. The third-order valence-electron chi connectivity index (χ3n) is 3.35. The molecular weight excluding hydrogens is 244 g/mol. The molecule has 1 aromatic rings. The van der Waals surface area contributed by atoms with Crippen LogP contribution in [-0.4, -0.2) is 26.3 Å². The summed E-state index contributed by atoms with van der Waals surface area (Å²) in [5.41, 5.74) is 1.68. The highest BCUT2D eigenvalue weighted by Crippen LogP contribution is 2.37. The molecule has 100 valence electrons. The first-order valence-corrected chi connectivity index (χ1v) is 6.10. The minimum Gasteiger partial charge on any atom is -0.493 e. The van der Waals surface area contributed by atoms with Crippen LogP contribution >= 0.6 is 0 Å². The molecule has 0 radical (unpaired) electrons. The summed E-state index contributed by atoms with van der Waals surface area (Å²) >= 11 is 0. The molecule has 0 saturated carbocycles. The second-order valence-electron chi connectivity index (χ2n) is 4.43. The van der Waals surface area contributed by atoms with Crippen molar-refractivity contribution >= 4 is 12.1 Å². The van der Waals surface area contributed by atoms with Crippen molar-refractivity contribution in [2.75, 3.05) is 14.2 Å². The number of ether oxygens (including phenoxy) is 2. The predicted molar refractivity (Wildman–Crippen MR) is 70.9 cm³/mol. The van der Waals surface area contributed by atoms with Crippen LogP contribution in [0.1, 0.15) is 22.3 Å². The van der Waals surface area contributed by atoms with E-state index in [1.165, 1.54) is 6.08 Å². The van der Waals surface area contributed by atoms with Gasteiger partial charge < -0.3 is 9.47 Å². The molecule has 1 aliphatic carbocycles. The zero-order chi connectivity index (χ0) is 13.8. The molecule has 0 amide bonds. The third kappa shape index (κ3) is 2.52. The number of aldehydes is 1. The molecule has 1 aromatic carbocycles. The van der Waals surface area contributed by atoms with E-state index in [1.807, 2.05) is 6.07 Å². The quantitative estimate of drug-likeness (QED) is 0.601. The van der Waals surface area contributed by atoms with E-state index in [-0.39, 0.29) is 11.7 Å². The summed E-state index contributed by atoms with van der Waals surface area (Å²) in [4.78, 5) is 22.5. The molecule has 19 heavy (non-hydrogen) atoms. The number of carbonyl (C=O) groups excluding carboxylic acids is 2. The Labute approximate surface area is 112 Å². The van der Waals surface area contributed by atoms with Gasteiger partial charge in [-0.2, -0.15) is 0 Å². The van der Waals surface area contributed by atoms with Crippen LogP contribution in [0.25, 0.3) is 0 Å². The molecule has 0 spiro atoms. The molecule has 1 unspecified atom stereocenters. The van der Waals surface area contributed by atoms with Gasteiger partial charge in [-0.25, -0.2) is 0 Å². The summed E-state index contributed by atoms with van der Waals surface area (Å²) < 4.78 is 10.4. The van der Waals surface area contributed by atoms with Crippen molar-refractivity contribution in [1.82, 2.24) is 0 Å². The lowest BCUT2D eigenvalue weighted by molar-refractivity contribution is -0.104. The Kier molecular flexibility index (Phi) is 4.00. The van der Waals surface area contributed by atoms with E-state index >= 15 is 0 Å². The van der Waals surface area contributed by atoms with E-state index in [0.29, 0.717) is 29.9 Å². The summed E-state index contributed by atoms with van der Waals surface area (Å²) in [7, 11) is 3.12. The first kappa shape index (κ1) is 13.3. The number of allylic oxidation sites excluding steroid dienone is 2. The summed E-state index contributed by atoms with van der Waals surface area (Å²) in [6, 6.07) is 3.59. The Hall–Kier alpha value is -2.10. The number of hydrogen-bond acceptors (Lipinski definition) is 4. The first-order chi connectivity index (χ1) is 9.21. The van der Waals surface area contributed by atoms with Gasteiger partial charge in [-0.3, -0.25) is 9.59 Å². The predicted octanol–water partition coefficient (Wildman–Crippen LogP) is 2.20. The molecular formula is C15H16O4. The molecule has 0 aromatic heterocycles. The van der Waals surface area contributed by atoms with Crippen molar-refractivity contribution in [3.05, 3.63) is 35.4 Å². The Balaban J connectivity index is 2.27. The lowest BCUT2D eigenvalue weighted by atomic mass is 10.0. The Morgan fingerprint density at radius 1 is 1.26 bits per heavy atom. The molecule has 0 N–H and O–H groups in total. The second-order valence-corrected chi connectivity index (χ2v) is 4.43.